The number of aromatic hydroxyl groups is 2. The van der Waals surface area contributed by atoms with E-state index in [-0.39, 0.29) is 11.5 Å². The number of furan rings is 1. The fourth-order valence-electron chi connectivity index (χ4n) is 2.20. The Kier molecular flexibility index (Phi) is 3.10. The van der Waals surface area contributed by atoms with Gasteiger partial charge in [0.1, 0.15) is 17.1 Å². The average molecular weight is 286 g/mol. The van der Waals surface area contributed by atoms with E-state index in [0.29, 0.717) is 28.4 Å². The maximum Gasteiger partial charge on any atom is 0.200 e. The van der Waals surface area contributed by atoms with E-state index in [9.17, 15) is 10.2 Å². The van der Waals surface area contributed by atoms with Gasteiger partial charge in [0.2, 0.25) is 5.75 Å². The first kappa shape index (κ1) is 13.2. The molecule has 0 saturated heterocycles. The molecule has 0 unspecified atom stereocenters. The van der Waals surface area contributed by atoms with Gasteiger partial charge in [0.25, 0.3) is 0 Å². The number of hydrogen-bond acceptors (Lipinski definition) is 5. The van der Waals surface area contributed by atoms with Gasteiger partial charge in [-0.15, -0.1) is 0 Å². The molecule has 1 aromatic heterocycles. The lowest BCUT2D eigenvalue weighted by molar-refractivity contribution is 0.340. The first-order valence-corrected chi connectivity index (χ1v) is 6.30. The van der Waals surface area contributed by atoms with E-state index in [4.69, 9.17) is 13.9 Å². The molecule has 0 aliphatic carbocycles. The molecule has 0 bridgehead atoms. The summed E-state index contributed by atoms with van der Waals surface area (Å²) < 4.78 is 16.0. The highest BCUT2D eigenvalue weighted by Crippen LogP contribution is 2.41. The number of phenolic OH excluding ortho intramolecular Hbond substituents is 2. The van der Waals surface area contributed by atoms with Crippen molar-refractivity contribution in [1.82, 2.24) is 0 Å². The molecule has 0 saturated carbocycles. The largest absolute Gasteiger partial charge is 0.508 e. The Bertz CT molecular complexity index is 779. The third-order valence-corrected chi connectivity index (χ3v) is 3.27. The van der Waals surface area contributed by atoms with Crippen molar-refractivity contribution in [1.29, 1.82) is 0 Å². The normalized spacial score (nSPS) is 10.8. The molecule has 0 spiro atoms. The Morgan fingerprint density at radius 3 is 2.19 bits per heavy atom. The fourth-order valence-corrected chi connectivity index (χ4v) is 2.20. The summed E-state index contributed by atoms with van der Waals surface area (Å²) >= 11 is 0. The minimum absolute atomic E-state index is 0.0579. The van der Waals surface area contributed by atoms with Crippen molar-refractivity contribution in [2.45, 2.75) is 0 Å². The maximum atomic E-state index is 9.92. The summed E-state index contributed by atoms with van der Waals surface area (Å²) in [6.45, 7) is 0. The zero-order valence-corrected chi connectivity index (χ0v) is 11.6. The second kappa shape index (κ2) is 4.94. The Labute approximate surface area is 121 Å². The standard InChI is InChI=1S/C16H14O5/c1-19-14-6-10(7-15(20-2)16(14)18)12-5-9-3-4-11(17)8-13(9)21-12/h3-8,17-18H,1-2H3. The number of rotatable bonds is 3. The molecule has 0 atom stereocenters. The maximum absolute atomic E-state index is 9.92. The van der Waals surface area contributed by atoms with Crippen LogP contribution >= 0.6 is 0 Å². The predicted molar refractivity (Wildman–Crippen MR) is 78.1 cm³/mol. The summed E-state index contributed by atoms with van der Waals surface area (Å²) in [5.41, 5.74) is 1.29. The monoisotopic (exact) mass is 286 g/mol. The Balaban J connectivity index is 2.17. The van der Waals surface area contributed by atoms with Gasteiger partial charge in [-0.1, -0.05) is 0 Å². The Morgan fingerprint density at radius 2 is 1.57 bits per heavy atom. The van der Waals surface area contributed by atoms with Gasteiger partial charge in [-0.25, -0.2) is 0 Å². The van der Waals surface area contributed by atoms with Crippen molar-refractivity contribution < 1.29 is 24.1 Å². The molecule has 3 rings (SSSR count). The minimum atomic E-state index is -0.0579. The molecule has 5 heteroatoms. The lowest BCUT2D eigenvalue weighted by Crippen LogP contribution is -1.90. The highest BCUT2D eigenvalue weighted by Gasteiger charge is 2.15. The molecule has 0 aliphatic heterocycles. The van der Waals surface area contributed by atoms with Gasteiger partial charge in [0.15, 0.2) is 11.5 Å². The van der Waals surface area contributed by atoms with E-state index in [0.717, 1.165) is 5.39 Å². The molecule has 21 heavy (non-hydrogen) atoms. The molecule has 2 N–H and O–H groups in total. The molecule has 0 radical (unpaired) electrons. The van der Waals surface area contributed by atoms with Crippen molar-refractivity contribution in [2.24, 2.45) is 0 Å². The van der Waals surface area contributed by atoms with E-state index in [2.05, 4.69) is 0 Å². The van der Waals surface area contributed by atoms with Crippen LogP contribution in [0.1, 0.15) is 0 Å². The summed E-state index contributed by atoms with van der Waals surface area (Å²) in [5.74, 6) is 1.27. The first-order valence-electron chi connectivity index (χ1n) is 6.30. The van der Waals surface area contributed by atoms with E-state index in [1.165, 1.54) is 14.2 Å². The average Bonchev–Trinajstić information content (AvgIpc) is 2.90. The van der Waals surface area contributed by atoms with Crippen molar-refractivity contribution in [3.8, 4) is 34.3 Å². The second-order valence-corrected chi connectivity index (χ2v) is 4.56. The first-order chi connectivity index (χ1) is 10.1. The molecule has 108 valence electrons. The number of hydrogen-bond donors (Lipinski definition) is 2. The summed E-state index contributed by atoms with van der Waals surface area (Å²) in [4.78, 5) is 0. The molecular weight excluding hydrogens is 272 g/mol. The van der Waals surface area contributed by atoms with Crippen molar-refractivity contribution in [2.75, 3.05) is 14.2 Å². The Hall–Kier alpha value is -2.82. The van der Waals surface area contributed by atoms with Crippen LogP contribution in [0.25, 0.3) is 22.3 Å². The molecule has 3 aromatic rings. The van der Waals surface area contributed by atoms with Crippen LogP contribution in [0.15, 0.2) is 40.8 Å². The molecule has 5 nitrogen and oxygen atoms in total. The van der Waals surface area contributed by atoms with Gasteiger partial charge in [-0.3, -0.25) is 0 Å². The van der Waals surface area contributed by atoms with Gasteiger partial charge < -0.3 is 24.1 Å². The molecule has 2 aromatic carbocycles. The summed E-state index contributed by atoms with van der Waals surface area (Å²) in [6.07, 6.45) is 0. The summed E-state index contributed by atoms with van der Waals surface area (Å²) in [7, 11) is 2.93. The third-order valence-electron chi connectivity index (χ3n) is 3.27. The molecule has 1 heterocycles. The van der Waals surface area contributed by atoms with Crippen LogP contribution < -0.4 is 9.47 Å². The van der Waals surface area contributed by atoms with Gasteiger partial charge in [0.05, 0.1) is 14.2 Å². The number of ether oxygens (including phenoxy) is 2. The highest BCUT2D eigenvalue weighted by atomic mass is 16.5. The number of methoxy groups -OCH3 is 2. The van der Waals surface area contributed by atoms with E-state index in [1.807, 2.05) is 6.07 Å². The topological polar surface area (TPSA) is 72.1 Å². The van der Waals surface area contributed by atoms with Gasteiger partial charge in [0, 0.05) is 17.0 Å². The predicted octanol–water partition coefficient (Wildman–Crippen LogP) is 3.53. The van der Waals surface area contributed by atoms with E-state index in [1.54, 1.807) is 30.3 Å². The zero-order chi connectivity index (χ0) is 15.0. The zero-order valence-electron chi connectivity index (χ0n) is 11.6. The highest BCUT2D eigenvalue weighted by molar-refractivity contribution is 5.84. The fraction of sp³-hybridized carbons (Fsp3) is 0.125. The second-order valence-electron chi connectivity index (χ2n) is 4.56. The van der Waals surface area contributed by atoms with Crippen LogP contribution in [-0.2, 0) is 0 Å². The van der Waals surface area contributed by atoms with Crippen LogP contribution in [0.3, 0.4) is 0 Å². The van der Waals surface area contributed by atoms with Crippen molar-refractivity contribution in [3.05, 3.63) is 36.4 Å². The van der Waals surface area contributed by atoms with Crippen LogP contribution in [0.4, 0.5) is 0 Å². The number of phenols is 2. The van der Waals surface area contributed by atoms with Gasteiger partial charge >= 0.3 is 0 Å². The van der Waals surface area contributed by atoms with Crippen molar-refractivity contribution in [3.63, 3.8) is 0 Å². The van der Waals surface area contributed by atoms with Crippen LogP contribution in [0.5, 0.6) is 23.0 Å². The summed E-state index contributed by atoms with van der Waals surface area (Å²) in [6, 6.07) is 10.1. The van der Waals surface area contributed by atoms with Gasteiger partial charge in [-0.2, -0.15) is 0 Å². The van der Waals surface area contributed by atoms with Crippen LogP contribution in [0.2, 0.25) is 0 Å². The molecule has 0 amide bonds. The van der Waals surface area contributed by atoms with E-state index < -0.39 is 0 Å². The van der Waals surface area contributed by atoms with Gasteiger partial charge in [-0.05, 0) is 30.3 Å². The summed E-state index contributed by atoms with van der Waals surface area (Å²) in [5, 5.41) is 20.3. The Morgan fingerprint density at radius 1 is 0.905 bits per heavy atom. The number of fused-ring (bicyclic) bond motifs is 1. The smallest absolute Gasteiger partial charge is 0.200 e. The van der Waals surface area contributed by atoms with Crippen molar-refractivity contribution >= 4 is 11.0 Å². The lowest BCUT2D eigenvalue weighted by atomic mass is 10.1. The quantitative estimate of drug-likeness (QED) is 0.770. The third kappa shape index (κ3) is 2.23. The van der Waals surface area contributed by atoms with Crippen LogP contribution in [-0.4, -0.2) is 24.4 Å². The molecule has 0 fully saturated rings. The minimum Gasteiger partial charge on any atom is -0.508 e. The van der Waals surface area contributed by atoms with E-state index >= 15 is 0 Å². The SMILES string of the molecule is COc1cc(-c2cc3ccc(O)cc3o2)cc(OC)c1O. The molecule has 0 aliphatic rings. The van der Waals surface area contributed by atoms with Crippen LogP contribution in [0, 0.1) is 0 Å². The number of benzene rings is 2. The lowest BCUT2D eigenvalue weighted by Gasteiger charge is -2.09. The molecular formula is C16H14O5.